The molecule has 3 aromatic carbocycles. The molecule has 0 aliphatic heterocycles. The lowest BCUT2D eigenvalue weighted by Gasteiger charge is -2.26. The van der Waals surface area contributed by atoms with Crippen molar-refractivity contribution in [3.05, 3.63) is 108 Å². The lowest BCUT2D eigenvalue weighted by atomic mass is 10.00. The molecular formula is C32H38N4O5. The number of amides is 3. The summed E-state index contributed by atoms with van der Waals surface area (Å²) in [6, 6.07) is 23.1. The van der Waals surface area contributed by atoms with Crippen LogP contribution in [0.3, 0.4) is 0 Å². The highest BCUT2D eigenvalue weighted by molar-refractivity contribution is 5.94. The van der Waals surface area contributed by atoms with Crippen LogP contribution in [0.25, 0.3) is 0 Å². The van der Waals surface area contributed by atoms with Crippen molar-refractivity contribution < 1.29 is 24.3 Å². The molecule has 0 radical (unpaired) electrons. The standard InChI is InChI=1S/C32H38N4O5/c1-21(2)28(33)31(39)35-26(19-23-14-8-4-9-15-23)29(37)34-25(18-22-12-6-3-7-13-22)30(38)36-27(32(40)41)20-24-16-10-5-11-17-24/h3-17,21,25-28H,18-20,33H2,1-2H3,(H,34,37)(H,35,39)(H,36,38)(H,40,41). The summed E-state index contributed by atoms with van der Waals surface area (Å²) in [6.07, 6.45) is 0.371. The second kappa shape index (κ2) is 15.3. The summed E-state index contributed by atoms with van der Waals surface area (Å²) in [5.41, 5.74) is 8.36. The van der Waals surface area contributed by atoms with Gasteiger partial charge in [-0.25, -0.2) is 4.79 Å². The van der Waals surface area contributed by atoms with Crippen molar-refractivity contribution >= 4 is 23.7 Å². The van der Waals surface area contributed by atoms with Crippen LogP contribution >= 0.6 is 0 Å². The summed E-state index contributed by atoms with van der Waals surface area (Å²) in [5, 5.41) is 17.9. The van der Waals surface area contributed by atoms with E-state index in [0.717, 1.165) is 16.7 Å². The van der Waals surface area contributed by atoms with Gasteiger partial charge in [-0.2, -0.15) is 0 Å². The fraction of sp³-hybridized carbons (Fsp3) is 0.312. The lowest BCUT2D eigenvalue weighted by molar-refractivity contribution is -0.142. The zero-order valence-corrected chi connectivity index (χ0v) is 23.3. The van der Waals surface area contributed by atoms with E-state index >= 15 is 0 Å². The number of aliphatic carboxylic acids is 1. The maximum Gasteiger partial charge on any atom is 0.326 e. The number of hydrogen-bond acceptors (Lipinski definition) is 5. The van der Waals surface area contributed by atoms with Crippen molar-refractivity contribution in [1.82, 2.24) is 16.0 Å². The number of hydrogen-bond donors (Lipinski definition) is 5. The van der Waals surface area contributed by atoms with Gasteiger partial charge in [0.15, 0.2) is 0 Å². The molecule has 3 aromatic rings. The van der Waals surface area contributed by atoms with Gasteiger partial charge in [0.2, 0.25) is 17.7 Å². The maximum atomic E-state index is 13.6. The van der Waals surface area contributed by atoms with Gasteiger partial charge in [0.1, 0.15) is 18.1 Å². The summed E-state index contributed by atoms with van der Waals surface area (Å²) in [4.78, 5) is 52.0. The maximum absolute atomic E-state index is 13.6. The predicted molar refractivity (Wildman–Crippen MR) is 157 cm³/mol. The Hall–Kier alpha value is -4.50. The minimum atomic E-state index is -1.20. The van der Waals surface area contributed by atoms with Gasteiger partial charge in [0.25, 0.3) is 0 Å². The van der Waals surface area contributed by atoms with Crippen LogP contribution in [0.15, 0.2) is 91.0 Å². The molecule has 4 unspecified atom stereocenters. The lowest BCUT2D eigenvalue weighted by Crippen LogP contribution is -2.58. The third kappa shape index (κ3) is 9.88. The first-order valence-corrected chi connectivity index (χ1v) is 13.6. The molecule has 3 amide bonds. The Morgan fingerprint density at radius 3 is 1.24 bits per heavy atom. The molecule has 0 fully saturated rings. The zero-order valence-electron chi connectivity index (χ0n) is 23.3. The molecule has 0 heterocycles. The number of carboxylic acid groups (broad SMARTS) is 1. The minimum absolute atomic E-state index is 0.0771. The molecule has 9 heteroatoms. The summed E-state index contributed by atoms with van der Waals surface area (Å²) in [7, 11) is 0. The number of rotatable bonds is 14. The minimum Gasteiger partial charge on any atom is -0.480 e. The van der Waals surface area contributed by atoms with Crippen molar-refractivity contribution in [2.24, 2.45) is 11.7 Å². The van der Waals surface area contributed by atoms with E-state index < -0.39 is 47.9 Å². The van der Waals surface area contributed by atoms with Crippen LogP contribution in [0.4, 0.5) is 0 Å². The number of benzene rings is 3. The van der Waals surface area contributed by atoms with Crippen LogP contribution in [-0.4, -0.2) is 53.0 Å². The molecule has 6 N–H and O–H groups in total. The van der Waals surface area contributed by atoms with Crippen LogP contribution in [0.5, 0.6) is 0 Å². The topological polar surface area (TPSA) is 151 Å². The van der Waals surface area contributed by atoms with E-state index in [9.17, 15) is 24.3 Å². The molecular weight excluding hydrogens is 520 g/mol. The molecule has 0 aliphatic carbocycles. The van der Waals surface area contributed by atoms with E-state index in [1.54, 1.807) is 24.3 Å². The number of carboxylic acids is 1. The van der Waals surface area contributed by atoms with Crippen molar-refractivity contribution in [3.63, 3.8) is 0 Å². The molecule has 0 aromatic heterocycles. The van der Waals surface area contributed by atoms with Crippen LogP contribution in [0.1, 0.15) is 30.5 Å². The Morgan fingerprint density at radius 2 is 0.902 bits per heavy atom. The monoisotopic (exact) mass is 558 g/mol. The summed E-state index contributed by atoms with van der Waals surface area (Å²) >= 11 is 0. The summed E-state index contributed by atoms with van der Waals surface area (Å²) < 4.78 is 0. The SMILES string of the molecule is CC(C)C(N)C(=O)NC(Cc1ccccc1)C(=O)NC(Cc1ccccc1)C(=O)NC(Cc1ccccc1)C(=O)O. The number of carbonyl (C=O) groups excluding carboxylic acids is 3. The van der Waals surface area contributed by atoms with Crippen LogP contribution in [0.2, 0.25) is 0 Å². The fourth-order valence-electron chi connectivity index (χ4n) is 4.28. The van der Waals surface area contributed by atoms with E-state index in [4.69, 9.17) is 5.73 Å². The molecule has 41 heavy (non-hydrogen) atoms. The highest BCUT2D eigenvalue weighted by Gasteiger charge is 2.31. The second-order valence-corrected chi connectivity index (χ2v) is 10.4. The molecule has 0 spiro atoms. The normalized spacial score (nSPS) is 13.9. The molecule has 9 nitrogen and oxygen atoms in total. The Balaban J connectivity index is 1.84. The first-order chi connectivity index (χ1) is 19.6. The number of nitrogens with two attached hydrogens (primary N) is 1. The molecule has 0 aliphatic rings. The zero-order chi connectivity index (χ0) is 29.8. The molecule has 0 bridgehead atoms. The van der Waals surface area contributed by atoms with Gasteiger partial charge in [0, 0.05) is 19.3 Å². The van der Waals surface area contributed by atoms with Crippen molar-refractivity contribution in [3.8, 4) is 0 Å². The quantitative estimate of drug-likeness (QED) is 0.205. The first-order valence-electron chi connectivity index (χ1n) is 13.6. The van der Waals surface area contributed by atoms with Gasteiger partial charge in [0.05, 0.1) is 6.04 Å². The van der Waals surface area contributed by atoms with Gasteiger partial charge in [-0.15, -0.1) is 0 Å². The molecule has 216 valence electrons. The summed E-state index contributed by atoms with van der Waals surface area (Å²) in [6.45, 7) is 3.62. The molecule has 4 atom stereocenters. The fourth-order valence-corrected chi connectivity index (χ4v) is 4.28. The molecule has 0 saturated heterocycles. The van der Waals surface area contributed by atoms with Crippen LogP contribution in [0, 0.1) is 5.92 Å². The van der Waals surface area contributed by atoms with E-state index in [2.05, 4.69) is 16.0 Å². The number of nitrogens with one attached hydrogen (secondary N) is 3. The Bertz CT molecular complexity index is 1290. The van der Waals surface area contributed by atoms with Gasteiger partial charge in [-0.3, -0.25) is 14.4 Å². The van der Waals surface area contributed by atoms with E-state index in [0.29, 0.717) is 0 Å². The average molecular weight is 559 g/mol. The largest absolute Gasteiger partial charge is 0.480 e. The van der Waals surface area contributed by atoms with Crippen molar-refractivity contribution in [1.29, 1.82) is 0 Å². The van der Waals surface area contributed by atoms with Gasteiger partial charge in [-0.1, -0.05) is 105 Å². The average Bonchev–Trinajstić information content (AvgIpc) is 2.97. The Kier molecular flexibility index (Phi) is 11.6. The third-order valence-corrected chi connectivity index (χ3v) is 6.75. The summed E-state index contributed by atoms with van der Waals surface area (Å²) in [5.74, 6) is -3.04. The third-order valence-electron chi connectivity index (χ3n) is 6.75. The van der Waals surface area contributed by atoms with E-state index in [-0.39, 0.29) is 25.2 Å². The van der Waals surface area contributed by atoms with Gasteiger partial charge in [-0.05, 0) is 22.6 Å². The van der Waals surface area contributed by atoms with Crippen molar-refractivity contribution in [2.45, 2.75) is 57.3 Å². The van der Waals surface area contributed by atoms with Gasteiger partial charge < -0.3 is 26.8 Å². The van der Waals surface area contributed by atoms with Crippen molar-refractivity contribution in [2.75, 3.05) is 0 Å². The number of carbonyl (C=O) groups is 4. The molecule has 3 rings (SSSR count). The predicted octanol–water partition coefficient (Wildman–Crippen LogP) is 2.24. The highest BCUT2D eigenvalue weighted by atomic mass is 16.4. The first kappa shape index (κ1) is 31.0. The highest BCUT2D eigenvalue weighted by Crippen LogP contribution is 2.10. The van der Waals surface area contributed by atoms with Crippen LogP contribution in [-0.2, 0) is 38.4 Å². The van der Waals surface area contributed by atoms with E-state index in [1.165, 1.54) is 0 Å². The van der Waals surface area contributed by atoms with Gasteiger partial charge >= 0.3 is 5.97 Å². The second-order valence-electron chi connectivity index (χ2n) is 10.4. The van der Waals surface area contributed by atoms with Crippen LogP contribution < -0.4 is 21.7 Å². The van der Waals surface area contributed by atoms with E-state index in [1.807, 2.05) is 80.6 Å². The molecule has 0 saturated carbocycles. The Labute approximate surface area is 240 Å². The Morgan fingerprint density at radius 1 is 0.585 bits per heavy atom. The smallest absolute Gasteiger partial charge is 0.326 e.